The van der Waals surface area contributed by atoms with E-state index < -0.39 is 0 Å². The molecular formula is C27H30N6O3S2. The molecule has 0 aliphatic carbocycles. The lowest BCUT2D eigenvalue weighted by atomic mass is 10.1. The average Bonchev–Trinajstić information content (AvgIpc) is 3.58. The van der Waals surface area contributed by atoms with Crippen molar-refractivity contribution in [2.45, 2.75) is 45.3 Å². The highest BCUT2D eigenvalue weighted by Gasteiger charge is 2.19. The van der Waals surface area contributed by atoms with Crippen LogP contribution in [0, 0.1) is 13.8 Å². The van der Waals surface area contributed by atoms with E-state index in [9.17, 15) is 9.59 Å². The second-order valence-corrected chi connectivity index (χ2v) is 10.4. The van der Waals surface area contributed by atoms with Crippen LogP contribution < -0.4 is 15.4 Å². The van der Waals surface area contributed by atoms with E-state index >= 15 is 0 Å². The number of thiazole rings is 1. The lowest BCUT2D eigenvalue weighted by molar-refractivity contribution is -0.113. The second kappa shape index (κ2) is 13.2. The van der Waals surface area contributed by atoms with Crippen molar-refractivity contribution in [2.24, 2.45) is 0 Å². The molecule has 4 rings (SSSR count). The van der Waals surface area contributed by atoms with E-state index in [1.807, 2.05) is 36.6 Å². The van der Waals surface area contributed by atoms with Gasteiger partial charge in [0, 0.05) is 17.1 Å². The Balaban J connectivity index is 1.48. The molecule has 0 radical (unpaired) electrons. The summed E-state index contributed by atoms with van der Waals surface area (Å²) in [6.07, 6.45) is 3.69. The standard InChI is InChI=1S/C27H30N6O3S2/c1-4-5-14-36-21-11-9-20(10-12-21)25(35)29-16-23-31-32-27(33(23)22-8-6-7-18(2)19(22)3)38-17-24(34)30-26-28-13-15-37-26/h6-13,15H,4-5,14,16-17H2,1-3H3,(H,29,35)(H,28,30,34). The molecule has 0 atom stereocenters. The van der Waals surface area contributed by atoms with Gasteiger partial charge in [-0.3, -0.25) is 14.2 Å². The van der Waals surface area contributed by atoms with Crippen LogP contribution in [0.25, 0.3) is 5.69 Å². The van der Waals surface area contributed by atoms with E-state index in [4.69, 9.17) is 4.74 Å². The number of rotatable bonds is 12. The van der Waals surface area contributed by atoms with Crippen LogP contribution in [-0.4, -0.2) is 43.9 Å². The molecule has 9 nitrogen and oxygen atoms in total. The predicted molar refractivity (Wildman–Crippen MR) is 150 cm³/mol. The Morgan fingerprint density at radius 3 is 2.66 bits per heavy atom. The van der Waals surface area contributed by atoms with Crippen molar-refractivity contribution in [1.29, 1.82) is 0 Å². The number of anilines is 1. The van der Waals surface area contributed by atoms with Gasteiger partial charge >= 0.3 is 0 Å². The highest BCUT2D eigenvalue weighted by Crippen LogP contribution is 2.26. The minimum atomic E-state index is -0.224. The van der Waals surface area contributed by atoms with Gasteiger partial charge in [0.05, 0.1) is 24.6 Å². The van der Waals surface area contributed by atoms with Gasteiger partial charge < -0.3 is 15.4 Å². The van der Waals surface area contributed by atoms with Crippen LogP contribution in [0.15, 0.2) is 59.2 Å². The molecule has 0 unspecified atom stereocenters. The summed E-state index contributed by atoms with van der Waals surface area (Å²) < 4.78 is 7.58. The summed E-state index contributed by atoms with van der Waals surface area (Å²) >= 11 is 2.64. The zero-order valence-corrected chi connectivity index (χ0v) is 23.2. The highest BCUT2D eigenvalue weighted by molar-refractivity contribution is 7.99. The summed E-state index contributed by atoms with van der Waals surface area (Å²) in [5.74, 6) is 1.04. The van der Waals surface area contributed by atoms with Crippen LogP contribution in [0.3, 0.4) is 0 Å². The Kier molecular flexibility index (Phi) is 9.50. The molecular weight excluding hydrogens is 520 g/mol. The van der Waals surface area contributed by atoms with E-state index in [1.54, 1.807) is 35.8 Å². The van der Waals surface area contributed by atoms with Gasteiger partial charge in [-0.1, -0.05) is 37.2 Å². The van der Waals surface area contributed by atoms with Gasteiger partial charge in [0.2, 0.25) is 5.91 Å². The Morgan fingerprint density at radius 2 is 1.92 bits per heavy atom. The summed E-state index contributed by atoms with van der Waals surface area (Å²) in [7, 11) is 0. The Labute approximate surface area is 230 Å². The van der Waals surface area contributed by atoms with Crippen molar-refractivity contribution < 1.29 is 14.3 Å². The Morgan fingerprint density at radius 1 is 1.11 bits per heavy atom. The second-order valence-electron chi connectivity index (χ2n) is 8.54. The first-order valence-corrected chi connectivity index (χ1v) is 14.2. The van der Waals surface area contributed by atoms with Gasteiger partial charge in [-0.05, 0) is 61.7 Å². The fourth-order valence-corrected chi connectivity index (χ4v) is 4.91. The third-order valence-electron chi connectivity index (χ3n) is 5.82. The van der Waals surface area contributed by atoms with Crippen molar-refractivity contribution >= 4 is 40.0 Å². The van der Waals surface area contributed by atoms with Crippen molar-refractivity contribution in [2.75, 3.05) is 17.7 Å². The number of thioether (sulfide) groups is 1. The van der Waals surface area contributed by atoms with E-state index in [-0.39, 0.29) is 24.1 Å². The van der Waals surface area contributed by atoms with E-state index in [1.165, 1.54) is 23.1 Å². The SMILES string of the molecule is CCCCOc1ccc(C(=O)NCc2nnc(SCC(=O)Nc3nccs3)n2-c2cccc(C)c2C)cc1. The normalized spacial score (nSPS) is 10.8. The number of unbranched alkanes of at least 4 members (excludes halogenated alkanes) is 1. The maximum absolute atomic E-state index is 12.9. The molecule has 2 aromatic carbocycles. The van der Waals surface area contributed by atoms with Crippen LogP contribution in [-0.2, 0) is 11.3 Å². The number of benzene rings is 2. The molecule has 0 aliphatic rings. The molecule has 198 valence electrons. The molecule has 2 amide bonds. The van der Waals surface area contributed by atoms with Gasteiger partial charge in [-0.2, -0.15) is 0 Å². The first-order valence-electron chi connectivity index (χ1n) is 12.3. The molecule has 11 heteroatoms. The van der Waals surface area contributed by atoms with Crippen molar-refractivity contribution in [3.63, 3.8) is 0 Å². The number of carbonyl (C=O) groups excluding carboxylic acids is 2. The van der Waals surface area contributed by atoms with Gasteiger partial charge in [0.25, 0.3) is 5.91 Å². The van der Waals surface area contributed by atoms with E-state index in [2.05, 4.69) is 32.7 Å². The Hall–Kier alpha value is -3.70. The van der Waals surface area contributed by atoms with Crippen LogP contribution in [0.2, 0.25) is 0 Å². The molecule has 4 aromatic rings. The molecule has 2 heterocycles. The van der Waals surface area contributed by atoms with Crippen molar-refractivity contribution in [3.05, 3.63) is 76.6 Å². The maximum atomic E-state index is 12.9. The zero-order valence-electron chi connectivity index (χ0n) is 21.6. The first kappa shape index (κ1) is 27.3. The quantitative estimate of drug-likeness (QED) is 0.185. The number of ether oxygens (including phenoxy) is 1. The number of aryl methyl sites for hydroxylation is 1. The lowest BCUT2D eigenvalue weighted by Crippen LogP contribution is -2.24. The summed E-state index contributed by atoms with van der Waals surface area (Å²) in [4.78, 5) is 29.4. The molecule has 0 bridgehead atoms. The third kappa shape index (κ3) is 6.99. The largest absolute Gasteiger partial charge is 0.494 e. The topological polar surface area (TPSA) is 111 Å². The third-order valence-corrected chi connectivity index (χ3v) is 7.44. The lowest BCUT2D eigenvalue weighted by Gasteiger charge is -2.15. The minimum absolute atomic E-state index is 0.140. The van der Waals surface area contributed by atoms with Crippen LogP contribution in [0.1, 0.15) is 47.1 Å². The van der Waals surface area contributed by atoms with Gasteiger partial charge in [0.15, 0.2) is 16.1 Å². The van der Waals surface area contributed by atoms with Gasteiger partial charge in [-0.15, -0.1) is 21.5 Å². The molecule has 0 saturated carbocycles. The number of amides is 2. The van der Waals surface area contributed by atoms with Gasteiger partial charge in [-0.25, -0.2) is 4.98 Å². The summed E-state index contributed by atoms with van der Waals surface area (Å²) in [5.41, 5.74) is 3.60. The molecule has 0 spiro atoms. The van der Waals surface area contributed by atoms with Crippen molar-refractivity contribution in [1.82, 2.24) is 25.1 Å². The monoisotopic (exact) mass is 550 g/mol. The fourth-order valence-electron chi connectivity index (χ4n) is 3.60. The minimum Gasteiger partial charge on any atom is -0.494 e. The molecule has 0 aliphatic heterocycles. The van der Waals surface area contributed by atoms with E-state index in [0.717, 1.165) is 35.4 Å². The van der Waals surface area contributed by atoms with Crippen LogP contribution in [0.4, 0.5) is 5.13 Å². The molecule has 38 heavy (non-hydrogen) atoms. The van der Waals surface area contributed by atoms with Crippen LogP contribution in [0.5, 0.6) is 5.75 Å². The summed E-state index contributed by atoms with van der Waals surface area (Å²) in [6.45, 7) is 7.00. The summed E-state index contributed by atoms with van der Waals surface area (Å²) in [6, 6.07) is 13.1. The average molecular weight is 551 g/mol. The fraction of sp³-hybridized carbons (Fsp3) is 0.296. The predicted octanol–water partition coefficient (Wildman–Crippen LogP) is 5.18. The zero-order chi connectivity index (χ0) is 26.9. The number of nitrogens with zero attached hydrogens (tertiary/aromatic N) is 4. The van der Waals surface area contributed by atoms with Gasteiger partial charge in [0.1, 0.15) is 5.75 Å². The van der Waals surface area contributed by atoms with Crippen LogP contribution >= 0.6 is 23.1 Å². The maximum Gasteiger partial charge on any atom is 0.251 e. The molecule has 0 saturated heterocycles. The Bertz CT molecular complexity index is 1370. The van der Waals surface area contributed by atoms with Crippen molar-refractivity contribution in [3.8, 4) is 11.4 Å². The number of hydrogen-bond donors (Lipinski definition) is 2. The number of aromatic nitrogens is 4. The van der Waals surface area contributed by atoms with E-state index in [0.29, 0.717) is 28.3 Å². The number of hydrogen-bond acceptors (Lipinski definition) is 8. The summed E-state index contributed by atoms with van der Waals surface area (Å²) in [5, 5.41) is 17.3. The molecule has 0 fully saturated rings. The smallest absolute Gasteiger partial charge is 0.251 e. The number of carbonyl (C=O) groups is 2. The molecule has 2 aromatic heterocycles. The highest BCUT2D eigenvalue weighted by atomic mass is 32.2. The number of nitrogens with one attached hydrogen (secondary N) is 2. The first-order chi connectivity index (χ1) is 18.5. The molecule has 2 N–H and O–H groups in total.